The number of aromatic hydroxyl groups is 1. The van der Waals surface area contributed by atoms with Crippen LogP contribution in [-0.2, 0) is 0 Å². The highest BCUT2D eigenvalue weighted by molar-refractivity contribution is 5.97. The number of phenols is 1. The standard InChI is InChI=1S/C19H22N2O2/c1-13(2)14-7-8-16(18(22)11-14)19(23)21-10-4-6-17(21)15-5-3-9-20-12-15/h3,5,7-9,11-13,17,22H,4,6,10H2,1-2H3. The lowest BCUT2D eigenvalue weighted by molar-refractivity contribution is 0.0732. The number of pyridine rings is 1. The number of hydrogen-bond acceptors (Lipinski definition) is 3. The summed E-state index contributed by atoms with van der Waals surface area (Å²) in [6.07, 6.45) is 5.46. The smallest absolute Gasteiger partial charge is 0.258 e. The number of benzene rings is 1. The van der Waals surface area contributed by atoms with Crippen molar-refractivity contribution in [3.8, 4) is 5.75 Å². The van der Waals surface area contributed by atoms with E-state index < -0.39 is 0 Å². The molecule has 1 N–H and O–H groups in total. The van der Waals surface area contributed by atoms with Gasteiger partial charge in [0.15, 0.2) is 0 Å². The molecular formula is C19H22N2O2. The predicted molar refractivity (Wildman–Crippen MR) is 89.4 cm³/mol. The molecule has 1 amide bonds. The number of carbonyl (C=O) groups excluding carboxylic acids is 1. The molecular weight excluding hydrogens is 288 g/mol. The molecule has 0 aliphatic carbocycles. The molecule has 1 saturated heterocycles. The lowest BCUT2D eigenvalue weighted by atomic mass is 10.00. The summed E-state index contributed by atoms with van der Waals surface area (Å²) in [5.74, 6) is 0.280. The summed E-state index contributed by atoms with van der Waals surface area (Å²) in [4.78, 5) is 18.9. The number of phenolic OH excluding ortho intramolecular Hbond substituents is 1. The molecule has 0 bridgehead atoms. The normalized spacial score (nSPS) is 17.7. The summed E-state index contributed by atoms with van der Waals surface area (Å²) >= 11 is 0. The lowest BCUT2D eigenvalue weighted by Gasteiger charge is -2.25. The van der Waals surface area contributed by atoms with Gasteiger partial charge in [-0.3, -0.25) is 9.78 Å². The quantitative estimate of drug-likeness (QED) is 0.935. The van der Waals surface area contributed by atoms with Gasteiger partial charge in [0.2, 0.25) is 0 Å². The van der Waals surface area contributed by atoms with Crippen LogP contribution in [0.2, 0.25) is 0 Å². The summed E-state index contributed by atoms with van der Waals surface area (Å²) < 4.78 is 0. The fraction of sp³-hybridized carbons (Fsp3) is 0.368. The zero-order valence-corrected chi connectivity index (χ0v) is 13.6. The predicted octanol–water partition coefficient (Wildman–Crippen LogP) is 3.89. The van der Waals surface area contributed by atoms with Crippen LogP contribution in [-0.4, -0.2) is 27.4 Å². The minimum Gasteiger partial charge on any atom is -0.507 e. The SMILES string of the molecule is CC(C)c1ccc(C(=O)N2CCCC2c2cccnc2)c(O)c1. The molecule has 120 valence electrons. The van der Waals surface area contributed by atoms with Gasteiger partial charge in [-0.2, -0.15) is 0 Å². The van der Waals surface area contributed by atoms with Gasteiger partial charge >= 0.3 is 0 Å². The van der Waals surface area contributed by atoms with E-state index in [1.54, 1.807) is 18.3 Å². The van der Waals surface area contributed by atoms with E-state index in [4.69, 9.17) is 0 Å². The van der Waals surface area contributed by atoms with Gasteiger partial charge in [0.25, 0.3) is 5.91 Å². The minimum atomic E-state index is -0.107. The number of carbonyl (C=O) groups is 1. The molecule has 4 nitrogen and oxygen atoms in total. The second-order valence-corrected chi connectivity index (χ2v) is 6.37. The molecule has 4 heteroatoms. The second kappa shape index (κ2) is 6.41. The van der Waals surface area contributed by atoms with E-state index in [0.29, 0.717) is 18.0 Å². The molecule has 2 aromatic rings. The molecule has 1 atom stereocenters. The minimum absolute atomic E-state index is 0.0420. The molecule has 1 aromatic heterocycles. The van der Waals surface area contributed by atoms with E-state index >= 15 is 0 Å². The Morgan fingerprint density at radius 2 is 2.17 bits per heavy atom. The van der Waals surface area contributed by atoms with E-state index in [9.17, 15) is 9.90 Å². The van der Waals surface area contributed by atoms with Gasteiger partial charge in [-0.15, -0.1) is 0 Å². The number of aromatic nitrogens is 1. The van der Waals surface area contributed by atoms with Gasteiger partial charge in [-0.25, -0.2) is 0 Å². The average molecular weight is 310 g/mol. The van der Waals surface area contributed by atoms with Crippen LogP contribution in [0.15, 0.2) is 42.7 Å². The lowest BCUT2D eigenvalue weighted by Crippen LogP contribution is -2.30. The van der Waals surface area contributed by atoms with E-state index in [-0.39, 0.29) is 17.7 Å². The monoisotopic (exact) mass is 310 g/mol. The average Bonchev–Trinajstić information content (AvgIpc) is 3.04. The van der Waals surface area contributed by atoms with Gasteiger partial charge in [0, 0.05) is 18.9 Å². The number of likely N-dealkylation sites (tertiary alicyclic amines) is 1. The van der Waals surface area contributed by atoms with Crippen molar-refractivity contribution in [3.05, 3.63) is 59.4 Å². The second-order valence-electron chi connectivity index (χ2n) is 6.37. The first-order chi connectivity index (χ1) is 11.1. The summed E-state index contributed by atoms with van der Waals surface area (Å²) in [6.45, 7) is 4.84. The van der Waals surface area contributed by atoms with Crippen LogP contribution in [0.25, 0.3) is 0 Å². The van der Waals surface area contributed by atoms with Crippen LogP contribution in [0.1, 0.15) is 60.1 Å². The fourth-order valence-corrected chi connectivity index (χ4v) is 3.17. The summed E-state index contributed by atoms with van der Waals surface area (Å²) in [7, 11) is 0. The first kappa shape index (κ1) is 15.5. The number of nitrogens with zero attached hydrogens (tertiary/aromatic N) is 2. The third-order valence-corrected chi connectivity index (χ3v) is 4.50. The van der Waals surface area contributed by atoms with Crippen molar-refractivity contribution in [2.75, 3.05) is 6.54 Å². The van der Waals surface area contributed by atoms with Crippen molar-refractivity contribution in [2.45, 2.75) is 38.6 Å². The first-order valence-electron chi connectivity index (χ1n) is 8.11. The van der Waals surface area contributed by atoms with Crippen molar-refractivity contribution in [1.29, 1.82) is 0 Å². The zero-order chi connectivity index (χ0) is 16.4. The maximum absolute atomic E-state index is 12.9. The molecule has 1 fully saturated rings. The highest BCUT2D eigenvalue weighted by atomic mass is 16.3. The highest BCUT2D eigenvalue weighted by Crippen LogP contribution is 2.34. The molecule has 1 aliphatic heterocycles. The van der Waals surface area contributed by atoms with E-state index in [1.807, 2.05) is 29.3 Å². The topological polar surface area (TPSA) is 53.4 Å². The van der Waals surface area contributed by atoms with Crippen LogP contribution < -0.4 is 0 Å². The van der Waals surface area contributed by atoms with Crippen LogP contribution in [0, 0.1) is 0 Å². The van der Waals surface area contributed by atoms with Crippen molar-refractivity contribution in [2.24, 2.45) is 0 Å². The van der Waals surface area contributed by atoms with Gasteiger partial charge in [-0.1, -0.05) is 26.0 Å². The zero-order valence-electron chi connectivity index (χ0n) is 13.6. The molecule has 1 aromatic carbocycles. The molecule has 3 rings (SSSR count). The Morgan fingerprint density at radius 3 is 2.83 bits per heavy atom. The Labute approximate surface area is 136 Å². The van der Waals surface area contributed by atoms with Crippen LogP contribution in [0.4, 0.5) is 0 Å². The molecule has 0 saturated carbocycles. The Bertz CT molecular complexity index is 698. The van der Waals surface area contributed by atoms with Crippen molar-refractivity contribution >= 4 is 5.91 Å². The number of rotatable bonds is 3. The molecule has 0 radical (unpaired) electrons. The van der Waals surface area contributed by atoms with Crippen molar-refractivity contribution < 1.29 is 9.90 Å². The van der Waals surface area contributed by atoms with E-state index in [0.717, 1.165) is 24.0 Å². The third kappa shape index (κ3) is 3.07. The molecule has 1 unspecified atom stereocenters. The number of amides is 1. The Kier molecular flexibility index (Phi) is 4.33. The van der Waals surface area contributed by atoms with Gasteiger partial charge in [-0.05, 0) is 48.1 Å². The van der Waals surface area contributed by atoms with Crippen LogP contribution in [0.5, 0.6) is 5.75 Å². The first-order valence-corrected chi connectivity index (χ1v) is 8.11. The van der Waals surface area contributed by atoms with Crippen LogP contribution >= 0.6 is 0 Å². The maximum atomic E-state index is 12.9. The maximum Gasteiger partial charge on any atom is 0.258 e. The highest BCUT2D eigenvalue weighted by Gasteiger charge is 2.31. The van der Waals surface area contributed by atoms with Gasteiger partial charge in [0.1, 0.15) is 5.75 Å². The Hall–Kier alpha value is -2.36. The van der Waals surface area contributed by atoms with Crippen molar-refractivity contribution in [3.63, 3.8) is 0 Å². The largest absolute Gasteiger partial charge is 0.507 e. The number of hydrogen-bond donors (Lipinski definition) is 1. The Balaban J connectivity index is 1.88. The van der Waals surface area contributed by atoms with Crippen LogP contribution in [0.3, 0.4) is 0 Å². The van der Waals surface area contributed by atoms with E-state index in [2.05, 4.69) is 18.8 Å². The summed E-state index contributed by atoms with van der Waals surface area (Å²) in [6, 6.07) is 9.31. The fourth-order valence-electron chi connectivity index (χ4n) is 3.17. The molecule has 1 aliphatic rings. The van der Waals surface area contributed by atoms with Crippen molar-refractivity contribution in [1.82, 2.24) is 9.88 Å². The summed E-state index contributed by atoms with van der Waals surface area (Å²) in [5, 5.41) is 10.3. The summed E-state index contributed by atoms with van der Waals surface area (Å²) in [5.41, 5.74) is 2.46. The molecule has 2 heterocycles. The Morgan fingerprint density at radius 1 is 1.35 bits per heavy atom. The van der Waals surface area contributed by atoms with E-state index in [1.165, 1.54) is 0 Å². The van der Waals surface area contributed by atoms with Gasteiger partial charge < -0.3 is 10.0 Å². The molecule has 23 heavy (non-hydrogen) atoms. The van der Waals surface area contributed by atoms with Gasteiger partial charge in [0.05, 0.1) is 11.6 Å². The third-order valence-electron chi connectivity index (χ3n) is 4.50. The molecule has 0 spiro atoms.